The number of hydrogen-bond acceptors (Lipinski definition) is 9. The number of hydrogen-bond donors (Lipinski definition) is 8. The molecular weight excluding hydrogens is 502 g/mol. The highest BCUT2D eigenvalue weighted by Gasteiger charge is 2.52. The molecular formula is C18H34Cl4O9. The number of alkyl halides is 4. The third-order valence-corrected chi connectivity index (χ3v) is 6.43. The van der Waals surface area contributed by atoms with Gasteiger partial charge < -0.3 is 45.6 Å². The van der Waals surface area contributed by atoms with Crippen molar-refractivity contribution in [3.63, 3.8) is 0 Å². The molecule has 188 valence electrons. The topological polar surface area (TPSA) is 171 Å². The van der Waals surface area contributed by atoms with Crippen LogP contribution in [0.3, 0.4) is 0 Å². The predicted octanol–water partition coefficient (Wildman–Crippen LogP) is -0.854. The van der Waals surface area contributed by atoms with Gasteiger partial charge in [-0.25, -0.2) is 0 Å². The lowest BCUT2D eigenvalue weighted by atomic mass is 9.80. The Labute approximate surface area is 202 Å². The van der Waals surface area contributed by atoms with Gasteiger partial charge in [0.2, 0.25) is 0 Å². The molecule has 0 radical (unpaired) electrons. The molecule has 31 heavy (non-hydrogen) atoms. The van der Waals surface area contributed by atoms with E-state index in [4.69, 9.17) is 51.1 Å². The number of halogens is 4. The van der Waals surface area contributed by atoms with E-state index < -0.39 is 86.7 Å². The molecule has 0 aromatic carbocycles. The van der Waals surface area contributed by atoms with Gasteiger partial charge in [-0.1, -0.05) is 0 Å². The van der Waals surface area contributed by atoms with E-state index in [0.29, 0.717) is 0 Å². The summed E-state index contributed by atoms with van der Waals surface area (Å²) >= 11 is 22.8. The molecule has 9 nitrogen and oxygen atoms in total. The third kappa shape index (κ3) is 9.90. The van der Waals surface area contributed by atoms with Crippen molar-refractivity contribution in [1.82, 2.24) is 0 Å². The van der Waals surface area contributed by atoms with Crippen LogP contribution in [0.25, 0.3) is 0 Å². The fraction of sp³-hybridized carbons (Fsp3) is 1.00. The van der Waals surface area contributed by atoms with E-state index in [2.05, 4.69) is 0 Å². The van der Waals surface area contributed by atoms with Gasteiger partial charge in [0.1, 0.15) is 23.4 Å². The van der Waals surface area contributed by atoms with Crippen LogP contribution in [0.5, 0.6) is 0 Å². The molecule has 13 heteroatoms. The van der Waals surface area contributed by atoms with Crippen molar-refractivity contribution in [2.45, 2.75) is 73.5 Å². The minimum atomic E-state index is -1.95. The molecule has 0 rings (SSSR count). The number of aliphatic hydroxyl groups is 8. The van der Waals surface area contributed by atoms with E-state index in [1.807, 2.05) is 0 Å². The Morgan fingerprint density at radius 1 is 0.516 bits per heavy atom. The normalized spacial score (nSPS) is 22.1. The van der Waals surface area contributed by atoms with Gasteiger partial charge in [0.05, 0.1) is 37.6 Å². The Hall–Kier alpha value is 0.800. The number of rotatable bonds is 18. The monoisotopic (exact) mass is 534 g/mol. The molecule has 0 saturated heterocycles. The molecule has 0 saturated carbocycles. The summed E-state index contributed by atoms with van der Waals surface area (Å²) in [5.74, 6) is -1.15. The molecule has 0 fully saturated rings. The number of ether oxygens (including phenoxy) is 1. The average molecular weight is 536 g/mol. The molecule has 0 amide bonds. The van der Waals surface area contributed by atoms with Crippen LogP contribution >= 0.6 is 46.4 Å². The van der Waals surface area contributed by atoms with E-state index in [1.165, 1.54) is 0 Å². The Morgan fingerprint density at radius 2 is 0.742 bits per heavy atom. The molecule has 0 aromatic heterocycles. The molecule has 8 N–H and O–H groups in total. The highest BCUT2D eigenvalue weighted by Crippen LogP contribution is 2.40. The maximum atomic E-state index is 10.7. The van der Waals surface area contributed by atoms with Crippen molar-refractivity contribution in [2.75, 3.05) is 36.7 Å². The van der Waals surface area contributed by atoms with Crippen molar-refractivity contribution in [3.05, 3.63) is 0 Å². The maximum absolute atomic E-state index is 10.7. The third-order valence-electron chi connectivity index (χ3n) is 5.00. The minimum absolute atomic E-state index is 0.287. The van der Waals surface area contributed by atoms with Gasteiger partial charge in [0.15, 0.2) is 0 Å². The van der Waals surface area contributed by atoms with E-state index in [1.54, 1.807) is 0 Å². The fourth-order valence-electron chi connectivity index (χ4n) is 3.56. The molecule has 0 spiro atoms. The first kappa shape index (κ1) is 31.8. The first-order chi connectivity index (χ1) is 14.5. The summed E-state index contributed by atoms with van der Waals surface area (Å²) in [5, 5.41) is 81.5. The Balaban J connectivity index is 6.61. The van der Waals surface area contributed by atoms with Crippen LogP contribution in [-0.2, 0) is 4.74 Å². The smallest absolute Gasteiger partial charge is 0.106 e. The van der Waals surface area contributed by atoms with Gasteiger partial charge in [-0.3, -0.25) is 0 Å². The van der Waals surface area contributed by atoms with Crippen LogP contribution in [0, 0.1) is 0 Å². The van der Waals surface area contributed by atoms with Crippen molar-refractivity contribution in [1.29, 1.82) is 0 Å². The molecule has 6 unspecified atom stereocenters. The molecule has 6 atom stereocenters. The zero-order valence-corrected chi connectivity index (χ0v) is 20.1. The summed E-state index contributed by atoms with van der Waals surface area (Å²) in [6, 6.07) is 0. The highest BCUT2D eigenvalue weighted by atomic mass is 35.5. The number of aliphatic hydroxyl groups excluding tert-OH is 8. The Morgan fingerprint density at radius 3 is 0.903 bits per heavy atom. The second kappa shape index (κ2) is 15.7. The van der Waals surface area contributed by atoms with Crippen molar-refractivity contribution in [2.24, 2.45) is 0 Å². The average Bonchev–Trinajstić information content (AvgIpc) is 2.76. The minimum Gasteiger partial charge on any atom is -0.394 e. The van der Waals surface area contributed by atoms with Gasteiger partial charge in [0.25, 0.3) is 0 Å². The van der Waals surface area contributed by atoms with Crippen LogP contribution < -0.4 is 0 Å². The fourth-order valence-corrected chi connectivity index (χ4v) is 4.00. The van der Waals surface area contributed by atoms with Gasteiger partial charge in [-0.2, -0.15) is 0 Å². The quantitative estimate of drug-likeness (QED) is 0.104. The van der Waals surface area contributed by atoms with Gasteiger partial charge in [0, 0.05) is 49.2 Å². The van der Waals surface area contributed by atoms with Gasteiger partial charge in [-0.15, -0.1) is 46.4 Å². The maximum Gasteiger partial charge on any atom is 0.106 e. The first-order valence-corrected chi connectivity index (χ1v) is 11.9. The summed E-state index contributed by atoms with van der Waals surface area (Å²) in [7, 11) is 0. The van der Waals surface area contributed by atoms with Crippen molar-refractivity contribution < 1.29 is 45.6 Å². The molecule has 0 aliphatic carbocycles. The molecule has 0 aliphatic rings. The highest BCUT2D eigenvalue weighted by molar-refractivity contribution is 6.18. The zero-order valence-electron chi connectivity index (χ0n) is 17.0. The van der Waals surface area contributed by atoms with Crippen LogP contribution in [-0.4, -0.2) is 125 Å². The van der Waals surface area contributed by atoms with E-state index in [-0.39, 0.29) is 23.5 Å². The largest absolute Gasteiger partial charge is 0.394 e. The molecule has 0 bridgehead atoms. The van der Waals surface area contributed by atoms with E-state index in [9.17, 15) is 40.9 Å². The summed E-state index contributed by atoms with van der Waals surface area (Å²) in [5.41, 5.74) is -3.91. The lowest BCUT2D eigenvalue weighted by Gasteiger charge is -2.50. The second-order valence-corrected chi connectivity index (χ2v) is 8.91. The Kier molecular flexibility index (Phi) is 16.1. The summed E-state index contributed by atoms with van der Waals surface area (Å²) in [6.45, 7) is -1.74. The van der Waals surface area contributed by atoms with Crippen LogP contribution in [0.15, 0.2) is 0 Å². The standard InChI is InChI=1S/C18H34Cl4O9/c19-5-11(25)1-17(15(29)9-23,2-12(26)6-20)31-18(16(30)10-24,3-13(27)7-21)4-14(28)8-22/h11-16,23-30H,1-10H2. The first-order valence-electron chi connectivity index (χ1n) is 9.73. The summed E-state index contributed by atoms with van der Waals surface area (Å²) in [4.78, 5) is 0. The zero-order chi connectivity index (χ0) is 24.2. The summed E-state index contributed by atoms with van der Waals surface area (Å²) in [6.07, 6.45) is -10.2. The molecule has 0 heterocycles. The van der Waals surface area contributed by atoms with Crippen LogP contribution in [0.4, 0.5) is 0 Å². The van der Waals surface area contributed by atoms with Gasteiger partial charge >= 0.3 is 0 Å². The summed E-state index contributed by atoms with van der Waals surface area (Å²) < 4.78 is 6.13. The SMILES string of the molecule is OCC(O)C(CC(O)CCl)(CC(O)CCl)OC(CC(O)CCl)(CC(O)CCl)C(O)CO. The van der Waals surface area contributed by atoms with Crippen molar-refractivity contribution in [3.8, 4) is 0 Å². The molecule has 0 aliphatic heterocycles. The van der Waals surface area contributed by atoms with Crippen molar-refractivity contribution >= 4 is 46.4 Å². The second-order valence-electron chi connectivity index (χ2n) is 7.68. The lowest BCUT2D eigenvalue weighted by molar-refractivity contribution is -0.270. The predicted molar refractivity (Wildman–Crippen MR) is 118 cm³/mol. The molecule has 0 aromatic rings. The van der Waals surface area contributed by atoms with Crippen LogP contribution in [0.2, 0.25) is 0 Å². The lowest BCUT2D eigenvalue weighted by Crippen LogP contribution is -2.62. The van der Waals surface area contributed by atoms with E-state index >= 15 is 0 Å². The van der Waals surface area contributed by atoms with E-state index in [0.717, 1.165) is 0 Å². The van der Waals surface area contributed by atoms with Crippen LogP contribution in [0.1, 0.15) is 25.7 Å². The Bertz CT molecular complexity index is 413. The van der Waals surface area contributed by atoms with Gasteiger partial charge in [-0.05, 0) is 0 Å².